The quantitative estimate of drug-likeness (QED) is 0.778. The zero-order valence-corrected chi connectivity index (χ0v) is 14.0. The van der Waals surface area contributed by atoms with Gasteiger partial charge in [0.05, 0.1) is 5.56 Å². The Labute approximate surface area is 143 Å². The van der Waals surface area contributed by atoms with Crippen molar-refractivity contribution in [3.8, 4) is 11.8 Å². The molecule has 0 aromatic heterocycles. The molecule has 136 valence electrons. The van der Waals surface area contributed by atoms with Crippen molar-refractivity contribution < 1.29 is 27.5 Å². The van der Waals surface area contributed by atoms with Gasteiger partial charge in [-0.1, -0.05) is 12.1 Å². The normalized spacial score (nSPS) is 12.0. The smallest absolute Gasteiger partial charge is 0.406 e. The van der Waals surface area contributed by atoms with Crippen LogP contribution < -0.4 is 4.74 Å². The molecule has 1 aromatic carbocycles. The van der Waals surface area contributed by atoms with Gasteiger partial charge in [-0.25, -0.2) is 0 Å². The minimum absolute atomic E-state index is 0.0803. The van der Waals surface area contributed by atoms with Crippen molar-refractivity contribution in [2.24, 2.45) is 0 Å². The maximum absolute atomic E-state index is 12.7. The van der Waals surface area contributed by atoms with E-state index >= 15 is 0 Å². The zero-order valence-electron chi connectivity index (χ0n) is 14.0. The number of rotatable bonds is 6. The van der Waals surface area contributed by atoms with Crippen LogP contribution in [0.1, 0.15) is 12.5 Å². The van der Waals surface area contributed by atoms with E-state index in [1.54, 1.807) is 12.1 Å². The molecule has 0 heterocycles. The summed E-state index contributed by atoms with van der Waals surface area (Å²) < 4.78 is 43.5. The number of nitrogens with zero attached hydrogens (tertiary/aromatic N) is 3. The Kier molecular flexibility index (Phi) is 6.79. The molecule has 0 aliphatic rings. The lowest BCUT2D eigenvalue weighted by Gasteiger charge is -2.27. The standard InChI is InChI=1S/C16H18F3N3O3/c1-11(25-13-7-5-4-6-12(13)8-20)15(24)22(10-16(17,18)19)9-14(23)21(2)3/h4-7,11H,9-10H2,1-3H3. The van der Waals surface area contributed by atoms with Crippen LogP contribution in [-0.4, -0.2) is 61.1 Å². The molecule has 1 rings (SSSR count). The Morgan fingerprint density at radius 3 is 2.40 bits per heavy atom. The molecule has 1 aromatic rings. The minimum atomic E-state index is -4.66. The van der Waals surface area contributed by atoms with Gasteiger partial charge in [0.25, 0.3) is 5.91 Å². The SMILES string of the molecule is CC(Oc1ccccc1C#N)C(=O)N(CC(=O)N(C)C)CC(F)(F)F. The van der Waals surface area contributed by atoms with Crippen LogP contribution in [0.25, 0.3) is 0 Å². The summed E-state index contributed by atoms with van der Waals surface area (Å²) >= 11 is 0. The molecular formula is C16H18F3N3O3. The second-order valence-corrected chi connectivity index (χ2v) is 5.47. The number of para-hydroxylation sites is 1. The maximum Gasteiger partial charge on any atom is 0.406 e. The molecule has 0 radical (unpaired) electrons. The van der Waals surface area contributed by atoms with Crippen molar-refractivity contribution in [3.05, 3.63) is 29.8 Å². The Hall–Kier alpha value is -2.76. The number of amides is 2. The van der Waals surface area contributed by atoms with Gasteiger partial charge in [-0.15, -0.1) is 0 Å². The fourth-order valence-electron chi connectivity index (χ4n) is 1.89. The number of ether oxygens (including phenoxy) is 1. The summed E-state index contributed by atoms with van der Waals surface area (Å²) in [5.41, 5.74) is 0.147. The summed E-state index contributed by atoms with van der Waals surface area (Å²) in [6.45, 7) is -1.03. The fraction of sp³-hybridized carbons (Fsp3) is 0.438. The molecule has 0 fully saturated rings. The third-order valence-electron chi connectivity index (χ3n) is 3.17. The van der Waals surface area contributed by atoms with Crippen molar-refractivity contribution in [3.63, 3.8) is 0 Å². The third kappa shape index (κ3) is 6.33. The third-order valence-corrected chi connectivity index (χ3v) is 3.17. The highest BCUT2D eigenvalue weighted by Gasteiger charge is 2.36. The summed E-state index contributed by atoms with van der Waals surface area (Å²) in [4.78, 5) is 25.5. The van der Waals surface area contributed by atoms with Gasteiger partial charge in [0, 0.05) is 14.1 Å². The highest BCUT2D eigenvalue weighted by molar-refractivity contribution is 5.87. The first-order valence-electron chi connectivity index (χ1n) is 7.26. The van der Waals surface area contributed by atoms with Crippen molar-refractivity contribution >= 4 is 11.8 Å². The van der Waals surface area contributed by atoms with Gasteiger partial charge in [0.15, 0.2) is 6.10 Å². The lowest BCUT2D eigenvalue weighted by atomic mass is 10.2. The summed E-state index contributed by atoms with van der Waals surface area (Å²) in [6.07, 6.45) is -5.96. The van der Waals surface area contributed by atoms with Crippen LogP contribution in [-0.2, 0) is 9.59 Å². The number of carbonyl (C=O) groups excluding carboxylic acids is 2. The van der Waals surface area contributed by atoms with E-state index in [0.717, 1.165) is 4.90 Å². The first-order chi connectivity index (χ1) is 11.5. The Balaban J connectivity index is 2.95. The lowest BCUT2D eigenvalue weighted by Crippen LogP contribution is -2.49. The molecule has 0 saturated carbocycles. The highest BCUT2D eigenvalue weighted by Crippen LogP contribution is 2.21. The van der Waals surface area contributed by atoms with Crippen molar-refractivity contribution in [1.29, 1.82) is 5.26 Å². The topological polar surface area (TPSA) is 73.6 Å². The molecule has 2 amide bonds. The average molecular weight is 357 g/mol. The Morgan fingerprint density at radius 1 is 1.28 bits per heavy atom. The zero-order chi connectivity index (χ0) is 19.2. The van der Waals surface area contributed by atoms with Crippen molar-refractivity contribution in [1.82, 2.24) is 9.80 Å². The molecule has 0 N–H and O–H groups in total. The van der Waals surface area contributed by atoms with Gasteiger partial charge in [-0.05, 0) is 19.1 Å². The number of hydrogen-bond donors (Lipinski definition) is 0. The lowest BCUT2D eigenvalue weighted by molar-refractivity contribution is -0.167. The number of alkyl halides is 3. The van der Waals surface area contributed by atoms with Gasteiger partial charge < -0.3 is 14.5 Å². The number of nitriles is 1. The molecule has 0 aliphatic heterocycles. The van der Waals surface area contributed by atoms with Crippen molar-refractivity contribution in [2.75, 3.05) is 27.2 Å². The van der Waals surface area contributed by atoms with Crippen LogP contribution >= 0.6 is 0 Å². The Morgan fingerprint density at radius 2 is 1.88 bits per heavy atom. The minimum Gasteiger partial charge on any atom is -0.480 e. The average Bonchev–Trinajstić information content (AvgIpc) is 2.52. The molecule has 25 heavy (non-hydrogen) atoms. The molecule has 1 unspecified atom stereocenters. The van der Waals surface area contributed by atoms with Crippen molar-refractivity contribution in [2.45, 2.75) is 19.2 Å². The van der Waals surface area contributed by atoms with E-state index in [-0.39, 0.29) is 11.3 Å². The van der Waals surface area contributed by atoms with Crippen LogP contribution in [0.3, 0.4) is 0 Å². The second kappa shape index (κ2) is 8.37. The van der Waals surface area contributed by atoms with Crippen LogP contribution in [0, 0.1) is 11.3 Å². The Bertz CT molecular complexity index is 669. The predicted molar refractivity (Wildman–Crippen MR) is 82.6 cm³/mol. The number of benzene rings is 1. The molecule has 0 spiro atoms. The molecule has 0 aliphatic carbocycles. The first kappa shape index (κ1) is 20.3. The van der Waals surface area contributed by atoms with Gasteiger partial charge >= 0.3 is 6.18 Å². The number of hydrogen-bond acceptors (Lipinski definition) is 4. The van der Waals surface area contributed by atoms with Crippen LogP contribution in [0.2, 0.25) is 0 Å². The van der Waals surface area contributed by atoms with E-state index < -0.39 is 37.2 Å². The van der Waals surface area contributed by atoms with E-state index in [2.05, 4.69) is 0 Å². The number of likely N-dealkylation sites (N-methyl/N-ethyl adjacent to an activating group) is 1. The number of carbonyl (C=O) groups is 2. The van der Waals surface area contributed by atoms with Crippen LogP contribution in [0.15, 0.2) is 24.3 Å². The van der Waals surface area contributed by atoms with E-state index in [1.807, 2.05) is 6.07 Å². The van der Waals surface area contributed by atoms with E-state index in [0.29, 0.717) is 4.90 Å². The summed E-state index contributed by atoms with van der Waals surface area (Å²) in [7, 11) is 2.75. The molecule has 0 bridgehead atoms. The molecule has 9 heteroatoms. The van der Waals surface area contributed by atoms with Gasteiger partial charge in [0.1, 0.15) is 24.9 Å². The van der Waals surface area contributed by atoms with Gasteiger partial charge in [-0.3, -0.25) is 9.59 Å². The second-order valence-electron chi connectivity index (χ2n) is 5.47. The molecular weight excluding hydrogens is 339 g/mol. The monoisotopic (exact) mass is 357 g/mol. The number of halogens is 3. The maximum atomic E-state index is 12.7. The van der Waals surface area contributed by atoms with Crippen LogP contribution in [0.5, 0.6) is 5.75 Å². The van der Waals surface area contributed by atoms with Crippen LogP contribution in [0.4, 0.5) is 13.2 Å². The summed E-state index contributed by atoms with van der Waals surface area (Å²) in [5.74, 6) is -1.57. The summed E-state index contributed by atoms with van der Waals surface area (Å²) in [6, 6.07) is 7.90. The fourth-order valence-corrected chi connectivity index (χ4v) is 1.89. The van der Waals surface area contributed by atoms with Gasteiger partial charge in [0.2, 0.25) is 5.91 Å². The molecule has 0 saturated heterocycles. The van der Waals surface area contributed by atoms with E-state index in [9.17, 15) is 22.8 Å². The van der Waals surface area contributed by atoms with E-state index in [4.69, 9.17) is 10.00 Å². The largest absolute Gasteiger partial charge is 0.480 e. The molecule has 1 atom stereocenters. The molecule has 6 nitrogen and oxygen atoms in total. The van der Waals surface area contributed by atoms with Gasteiger partial charge in [-0.2, -0.15) is 18.4 Å². The highest BCUT2D eigenvalue weighted by atomic mass is 19.4. The first-order valence-corrected chi connectivity index (χ1v) is 7.26. The predicted octanol–water partition coefficient (Wildman–Crippen LogP) is 1.80. The summed E-state index contributed by atoms with van der Waals surface area (Å²) in [5, 5.41) is 8.99. The van der Waals surface area contributed by atoms with E-state index in [1.165, 1.54) is 33.2 Å².